The van der Waals surface area contributed by atoms with Crippen LogP contribution in [0.15, 0.2) is 53.9 Å². The van der Waals surface area contributed by atoms with Gasteiger partial charge in [-0.05, 0) is 42.3 Å². The number of para-hydroxylation sites is 2. The van der Waals surface area contributed by atoms with Crippen LogP contribution in [-0.2, 0) is 15.0 Å². The SMILES string of the molecule is CCCCCCC1(C)c2cc(OC)ccc2N(CCC(=O)O)C1/C(C#N)=C1\Oc2ccccc2N1CCC(=O)O. The lowest BCUT2D eigenvalue weighted by Crippen LogP contribution is -2.46. The third kappa shape index (κ3) is 5.57. The molecule has 9 nitrogen and oxygen atoms in total. The van der Waals surface area contributed by atoms with Gasteiger partial charge in [0.05, 0.1) is 31.7 Å². The molecule has 2 aliphatic rings. The van der Waals surface area contributed by atoms with Gasteiger partial charge in [0.1, 0.15) is 17.4 Å². The second-order valence-corrected chi connectivity index (χ2v) is 10.5. The maximum absolute atomic E-state index is 11.7. The van der Waals surface area contributed by atoms with E-state index in [2.05, 4.69) is 19.9 Å². The van der Waals surface area contributed by atoms with E-state index < -0.39 is 23.4 Å². The summed E-state index contributed by atoms with van der Waals surface area (Å²) in [5.74, 6) is -0.337. The molecule has 0 aromatic heterocycles. The van der Waals surface area contributed by atoms with Crippen molar-refractivity contribution < 1.29 is 29.3 Å². The first-order chi connectivity index (χ1) is 19.2. The molecular formula is C31H37N3O6. The van der Waals surface area contributed by atoms with E-state index in [4.69, 9.17) is 9.47 Å². The smallest absolute Gasteiger partial charge is 0.305 e. The Hall–Kier alpha value is -4.19. The zero-order valence-electron chi connectivity index (χ0n) is 23.4. The summed E-state index contributed by atoms with van der Waals surface area (Å²) in [5, 5.41) is 29.8. The number of nitriles is 1. The van der Waals surface area contributed by atoms with Crippen molar-refractivity contribution in [3.05, 3.63) is 59.5 Å². The van der Waals surface area contributed by atoms with Gasteiger partial charge in [0.15, 0.2) is 5.75 Å². The summed E-state index contributed by atoms with van der Waals surface area (Å²) in [5.41, 5.74) is 2.35. The predicted molar refractivity (Wildman–Crippen MR) is 152 cm³/mol. The van der Waals surface area contributed by atoms with Gasteiger partial charge >= 0.3 is 11.9 Å². The molecule has 0 saturated heterocycles. The second kappa shape index (κ2) is 12.3. The molecule has 0 fully saturated rings. The normalized spacial score (nSPS) is 20.4. The minimum atomic E-state index is -0.952. The number of hydrogen-bond acceptors (Lipinski definition) is 7. The zero-order chi connectivity index (χ0) is 28.9. The number of hydrogen-bond donors (Lipinski definition) is 2. The highest BCUT2D eigenvalue weighted by Gasteiger charge is 2.51. The molecule has 0 spiro atoms. The van der Waals surface area contributed by atoms with Crippen molar-refractivity contribution in [2.75, 3.05) is 30.0 Å². The summed E-state index contributed by atoms with van der Waals surface area (Å²) < 4.78 is 11.9. The fraction of sp³-hybridized carbons (Fsp3) is 0.452. The lowest BCUT2D eigenvalue weighted by Gasteiger charge is -2.37. The maximum atomic E-state index is 11.7. The Labute approximate surface area is 235 Å². The molecule has 0 saturated carbocycles. The van der Waals surface area contributed by atoms with E-state index in [1.54, 1.807) is 18.1 Å². The number of rotatable bonds is 13. The molecule has 212 valence electrons. The standard InChI is InChI=1S/C31H37N3O6/c1-4-5-6-9-16-31(2)23-19-21(39-3)12-13-24(23)33(17-14-27(35)36)29(31)22(20-32)30-34(18-15-28(37)38)25-10-7-8-11-26(25)40-30/h7-8,10-13,19,29H,4-6,9,14-18H2,1-3H3,(H,35,36)(H,37,38)/b30-22-. The number of nitrogens with zero attached hydrogens (tertiary/aromatic N) is 3. The monoisotopic (exact) mass is 547 g/mol. The third-order valence-electron chi connectivity index (χ3n) is 7.94. The van der Waals surface area contributed by atoms with Crippen LogP contribution < -0.4 is 19.3 Å². The summed E-state index contributed by atoms with van der Waals surface area (Å²) in [6.45, 7) is 4.62. The molecule has 0 bridgehead atoms. The molecule has 2 unspecified atom stereocenters. The Bertz CT molecular complexity index is 1330. The summed E-state index contributed by atoms with van der Waals surface area (Å²) in [6.07, 6.45) is 4.68. The fourth-order valence-corrected chi connectivity index (χ4v) is 6.00. The Balaban J connectivity index is 1.90. The molecule has 4 rings (SSSR count). The van der Waals surface area contributed by atoms with Gasteiger partial charge in [0, 0.05) is 24.2 Å². The van der Waals surface area contributed by atoms with Crippen LogP contribution >= 0.6 is 0 Å². The molecule has 0 radical (unpaired) electrons. The van der Waals surface area contributed by atoms with Crippen LogP contribution in [0.3, 0.4) is 0 Å². The number of methoxy groups -OCH3 is 1. The van der Waals surface area contributed by atoms with Gasteiger partial charge in [0.25, 0.3) is 0 Å². The summed E-state index contributed by atoms with van der Waals surface area (Å²) in [6, 6.07) is 15.0. The van der Waals surface area contributed by atoms with Crippen LogP contribution in [0.5, 0.6) is 11.5 Å². The van der Waals surface area contributed by atoms with E-state index in [1.807, 2.05) is 41.3 Å². The van der Waals surface area contributed by atoms with Gasteiger partial charge in [0.2, 0.25) is 5.88 Å². The van der Waals surface area contributed by atoms with Crippen molar-refractivity contribution in [1.29, 1.82) is 5.26 Å². The molecule has 2 aromatic rings. The number of unbranched alkanes of at least 4 members (excludes halogenated alkanes) is 3. The van der Waals surface area contributed by atoms with E-state index in [0.29, 0.717) is 28.6 Å². The summed E-state index contributed by atoms with van der Waals surface area (Å²) in [4.78, 5) is 27.0. The molecule has 2 heterocycles. The fourth-order valence-electron chi connectivity index (χ4n) is 6.00. The van der Waals surface area contributed by atoms with Gasteiger partial charge in [-0.2, -0.15) is 5.26 Å². The average molecular weight is 548 g/mol. The Morgan fingerprint density at radius 1 is 1.05 bits per heavy atom. The Morgan fingerprint density at radius 3 is 2.45 bits per heavy atom. The molecule has 0 aliphatic carbocycles. The third-order valence-corrected chi connectivity index (χ3v) is 7.94. The first kappa shape index (κ1) is 28.8. The number of carboxylic acid groups (broad SMARTS) is 2. The van der Waals surface area contributed by atoms with Crippen LogP contribution in [0.1, 0.15) is 64.4 Å². The van der Waals surface area contributed by atoms with E-state index in [0.717, 1.165) is 43.4 Å². The van der Waals surface area contributed by atoms with E-state index in [-0.39, 0.29) is 25.9 Å². The topological polar surface area (TPSA) is 123 Å². The Kier molecular flexibility index (Phi) is 8.88. The lowest BCUT2D eigenvalue weighted by atomic mass is 9.72. The van der Waals surface area contributed by atoms with Gasteiger partial charge in [-0.15, -0.1) is 0 Å². The van der Waals surface area contributed by atoms with Crippen LogP contribution in [0.4, 0.5) is 11.4 Å². The molecule has 0 amide bonds. The first-order valence-corrected chi connectivity index (χ1v) is 13.8. The van der Waals surface area contributed by atoms with Crippen LogP contribution in [0, 0.1) is 11.3 Å². The van der Waals surface area contributed by atoms with Crippen molar-refractivity contribution >= 4 is 23.3 Å². The van der Waals surface area contributed by atoms with Gasteiger partial charge < -0.3 is 29.5 Å². The number of anilines is 2. The largest absolute Gasteiger partial charge is 0.497 e. The number of carboxylic acids is 2. The van der Waals surface area contributed by atoms with Gasteiger partial charge in [-0.1, -0.05) is 51.7 Å². The van der Waals surface area contributed by atoms with Gasteiger partial charge in [-0.25, -0.2) is 0 Å². The number of fused-ring (bicyclic) bond motifs is 2. The quantitative estimate of drug-likeness (QED) is 0.240. The number of ether oxygens (including phenoxy) is 2. The molecule has 40 heavy (non-hydrogen) atoms. The highest BCUT2D eigenvalue weighted by atomic mass is 16.5. The van der Waals surface area contributed by atoms with Crippen LogP contribution in [0.25, 0.3) is 0 Å². The highest BCUT2D eigenvalue weighted by molar-refractivity contribution is 5.75. The summed E-state index contributed by atoms with van der Waals surface area (Å²) >= 11 is 0. The second-order valence-electron chi connectivity index (χ2n) is 10.5. The maximum Gasteiger partial charge on any atom is 0.305 e. The summed E-state index contributed by atoms with van der Waals surface area (Å²) in [7, 11) is 1.61. The predicted octanol–water partition coefficient (Wildman–Crippen LogP) is 5.70. The van der Waals surface area contributed by atoms with Crippen LogP contribution in [-0.4, -0.2) is 48.4 Å². The number of aliphatic carboxylic acids is 2. The van der Waals surface area contributed by atoms with Crippen molar-refractivity contribution in [1.82, 2.24) is 0 Å². The molecule has 2 aliphatic heterocycles. The van der Waals surface area contributed by atoms with E-state index in [9.17, 15) is 25.1 Å². The highest BCUT2D eigenvalue weighted by Crippen LogP contribution is 2.53. The number of benzene rings is 2. The number of carbonyl (C=O) groups is 2. The van der Waals surface area contributed by atoms with Crippen molar-refractivity contribution in [3.63, 3.8) is 0 Å². The molecule has 2 atom stereocenters. The minimum Gasteiger partial charge on any atom is -0.497 e. The van der Waals surface area contributed by atoms with Crippen molar-refractivity contribution in [2.45, 2.75) is 70.3 Å². The van der Waals surface area contributed by atoms with Crippen LogP contribution in [0.2, 0.25) is 0 Å². The lowest BCUT2D eigenvalue weighted by molar-refractivity contribution is -0.137. The minimum absolute atomic E-state index is 0.105. The molecule has 2 N–H and O–H groups in total. The average Bonchev–Trinajstić information content (AvgIpc) is 3.42. The molecule has 2 aromatic carbocycles. The molecule has 9 heteroatoms. The van der Waals surface area contributed by atoms with E-state index in [1.165, 1.54) is 0 Å². The van der Waals surface area contributed by atoms with Crippen molar-refractivity contribution in [2.24, 2.45) is 0 Å². The van der Waals surface area contributed by atoms with Crippen molar-refractivity contribution in [3.8, 4) is 17.6 Å². The molecular weight excluding hydrogens is 510 g/mol. The Morgan fingerprint density at radius 2 is 1.77 bits per heavy atom. The first-order valence-electron chi connectivity index (χ1n) is 13.8. The van der Waals surface area contributed by atoms with Gasteiger partial charge in [-0.3, -0.25) is 9.59 Å². The zero-order valence-corrected chi connectivity index (χ0v) is 23.4. The van der Waals surface area contributed by atoms with E-state index >= 15 is 0 Å².